The fourth-order valence-corrected chi connectivity index (χ4v) is 5.37. The molecule has 0 spiro atoms. The Morgan fingerprint density at radius 3 is 1.20 bits per heavy atom. The van der Waals surface area contributed by atoms with Crippen LogP contribution in [0.4, 0.5) is 11.4 Å². The summed E-state index contributed by atoms with van der Waals surface area (Å²) in [6, 6.07) is 28.3. The van der Waals surface area contributed by atoms with Crippen LogP contribution in [0.25, 0.3) is 0 Å². The molecule has 0 bridgehead atoms. The van der Waals surface area contributed by atoms with Gasteiger partial charge in [0.25, 0.3) is 0 Å². The van der Waals surface area contributed by atoms with Crippen molar-refractivity contribution in [3.8, 4) is 11.5 Å². The number of nitrogens with zero attached hydrogens (tertiary/aromatic N) is 4. The topological polar surface area (TPSA) is 71.9 Å². The summed E-state index contributed by atoms with van der Waals surface area (Å²) < 4.78 is 11.6. The van der Waals surface area contributed by atoms with Gasteiger partial charge in [-0.1, -0.05) is 36.4 Å². The molecular weight excluding hydrogens is 504 g/mol. The van der Waals surface area contributed by atoms with Gasteiger partial charge >= 0.3 is 0 Å². The molecule has 0 radical (unpaired) electrons. The zero-order valence-corrected chi connectivity index (χ0v) is 23.2. The molecule has 0 saturated carbocycles. The van der Waals surface area contributed by atoms with Crippen LogP contribution >= 0.6 is 0 Å². The minimum Gasteiger partial charge on any atom is -0.491 e. The first-order chi connectivity index (χ1) is 19.6. The van der Waals surface area contributed by atoms with E-state index in [9.17, 15) is 10.2 Å². The van der Waals surface area contributed by atoms with Crippen molar-refractivity contribution in [1.82, 2.24) is 9.80 Å². The summed E-state index contributed by atoms with van der Waals surface area (Å²) in [7, 11) is 0. The lowest BCUT2D eigenvalue weighted by Gasteiger charge is -2.36. The number of rotatable bonds is 12. The maximum atomic E-state index is 10.5. The van der Waals surface area contributed by atoms with Crippen molar-refractivity contribution >= 4 is 11.4 Å². The molecule has 2 atom stereocenters. The van der Waals surface area contributed by atoms with Gasteiger partial charge in [-0.3, -0.25) is 9.80 Å². The van der Waals surface area contributed by atoms with E-state index >= 15 is 0 Å². The fraction of sp³-hybridized carbons (Fsp3) is 0.438. The monoisotopic (exact) mass is 546 g/mol. The normalized spacial score (nSPS) is 18.4. The lowest BCUT2D eigenvalue weighted by Crippen LogP contribution is -2.49. The van der Waals surface area contributed by atoms with E-state index in [4.69, 9.17) is 9.47 Å². The van der Waals surface area contributed by atoms with E-state index in [1.807, 2.05) is 36.4 Å². The van der Waals surface area contributed by atoms with Crippen LogP contribution < -0.4 is 19.3 Å². The zero-order valence-electron chi connectivity index (χ0n) is 23.2. The number of anilines is 2. The van der Waals surface area contributed by atoms with Crippen LogP contribution in [0.3, 0.4) is 0 Å². The molecule has 2 aliphatic heterocycles. The van der Waals surface area contributed by atoms with Gasteiger partial charge in [-0.2, -0.15) is 0 Å². The van der Waals surface area contributed by atoms with Crippen molar-refractivity contribution in [1.29, 1.82) is 0 Å². The highest BCUT2D eigenvalue weighted by molar-refractivity contribution is 5.47. The van der Waals surface area contributed by atoms with E-state index in [0.717, 1.165) is 52.4 Å². The van der Waals surface area contributed by atoms with Crippen LogP contribution in [-0.2, 0) is 0 Å². The third-order valence-electron chi connectivity index (χ3n) is 7.63. The average molecular weight is 547 g/mol. The summed E-state index contributed by atoms with van der Waals surface area (Å²) in [6.07, 6.45) is -1.10. The van der Waals surface area contributed by atoms with Gasteiger partial charge in [-0.15, -0.1) is 0 Å². The van der Waals surface area contributed by atoms with Crippen molar-refractivity contribution in [3.05, 3.63) is 84.9 Å². The zero-order chi connectivity index (χ0) is 27.6. The Hall–Kier alpha value is -3.30. The second-order valence-corrected chi connectivity index (χ2v) is 10.6. The molecule has 2 heterocycles. The van der Waals surface area contributed by atoms with E-state index < -0.39 is 12.2 Å². The second kappa shape index (κ2) is 14.4. The molecule has 3 aromatic carbocycles. The van der Waals surface area contributed by atoms with Crippen molar-refractivity contribution in [2.45, 2.75) is 12.2 Å². The molecule has 2 N–H and O–H groups in total. The molecule has 2 aliphatic rings. The summed E-state index contributed by atoms with van der Waals surface area (Å²) in [6.45, 7) is 9.22. The number of para-hydroxylation sites is 2. The number of benzene rings is 3. The van der Waals surface area contributed by atoms with Gasteiger partial charge in [-0.05, 0) is 48.5 Å². The summed E-state index contributed by atoms with van der Waals surface area (Å²) in [4.78, 5) is 9.35. The molecule has 214 valence electrons. The predicted molar refractivity (Wildman–Crippen MR) is 160 cm³/mol. The average Bonchev–Trinajstić information content (AvgIpc) is 3.01. The highest BCUT2D eigenvalue weighted by Gasteiger charge is 2.21. The van der Waals surface area contributed by atoms with Crippen LogP contribution in [0, 0.1) is 0 Å². The van der Waals surface area contributed by atoms with E-state index in [-0.39, 0.29) is 13.2 Å². The van der Waals surface area contributed by atoms with Crippen LogP contribution in [0.5, 0.6) is 11.5 Å². The standard InChI is InChI=1S/C32H42N4O4/c37-29(23-33-15-19-35(20-16-33)27-7-3-1-4-8-27)25-39-31-11-13-32(14-12-31)40-26-30(38)24-34-17-21-36(22-18-34)28-9-5-2-6-10-28/h1-14,29-30,37-38H,15-26H2. The number of β-amino-alcohol motifs (C(OH)–C–C–N with tert-alkyl or cyclic N) is 2. The first-order valence-corrected chi connectivity index (χ1v) is 14.4. The number of aliphatic hydroxyl groups is 2. The molecular formula is C32H42N4O4. The molecule has 3 aromatic rings. The number of ether oxygens (including phenoxy) is 2. The molecule has 0 aliphatic carbocycles. The van der Waals surface area contributed by atoms with Crippen molar-refractivity contribution in [2.75, 3.05) is 88.5 Å². The summed E-state index contributed by atoms with van der Waals surface area (Å²) in [5.41, 5.74) is 2.51. The Balaban J connectivity index is 0.952. The highest BCUT2D eigenvalue weighted by Crippen LogP contribution is 2.20. The Morgan fingerprint density at radius 2 is 0.850 bits per heavy atom. The lowest BCUT2D eigenvalue weighted by atomic mass is 10.2. The molecule has 2 unspecified atom stereocenters. The lowest BCUT2D eigenvalue weighted by molar-refractivity contribution is 0.0650. The first kappa shape index (κ1) is 28.2. The Labute approximate surface area is 237 Å². The third-order valence-corrected chi connectivity index (χ3v) is 7.63. The number of piperazine rings is 2. The van der Waals surface area contributed by atoms with Crippen LogP contribution in [0.1, 0.15) is 0 Å². The Morgan fingerprint density at radius 1 is 0.500 bits per heavy atom. The highest BCUT2D eigenvalue weighted by atomic mass is 16.5. The molecule has 2 fully saturated rings. The minimum absolute atomic E-state index is 0.245. The van der Waals surface area contributed by atoms with Crippen molar-refractivity contribution in [2.24, 2.45) is 0 Å². The smallest absolute Gasteiger partial charge is 0.119 e. The second-order valence-electron chi connectivity index (χ2n) is 10.6. The van der Waals surface area contributed by atoms with Gasteiger partial charge < -0.3 is 29.5 Å². The van der Waals surface area contributed by atoms with Crippen LogP contribution in [-0.4, -0.2) is 111 Å². The quantitative estimate of drug-likeness (QED) is 0.360. The third kappa shape index (κ3) is 8.35. The SMILES string of the molecule is OC(COc1ccc(OCC(O)CN2CCN(c3ccccc3)CC2)cc1)CN1CCN(c2ccccc2)CC1. The molecule has 0 aromatic heterocycles. The van der Waals surface area contributed by atoms with Gasteiger partial charge in [-0.25, -0.2) is 0 Å². The van der Waals surface area contributed by atoms with Crippen LogP contribution in [0.15, 0.2) is 84.9 Å². The largest absolute Gasteiger partial charge is 0.491 e. The van der Waals surface area contributed by atoms with E-state index in [2.05, 4.69) is 68.1 Å². The van der Waals surface area contributed by atoms with Gasteiger partial charge in [0.2, 0.25) is 0 Å². The van der Waals surface area contributed by atoms with E-state index in [0.29, 0.717) is 24.6 Å². The summed E-state index contributed by atoms with van der Waals surface area (Å²) >= 11 is 0. The van der Waals surface area contributed by atoms with Crippen molar-refractivity contribution < 1.29 is 19.7 Å². The maximum Gasteiger partial charge on any atom is 0.119 e. The van der Waals surface area contributed by atoms with Gasteiger partial charge in [0.15, 0.2) is 0 Å². The molecule has 2 saturated heterocycles. The van der Waals surface area contributed by atoms with Gasteiger partial charge in [0.1, 0.15) is 36.9 Å². The molecule has 40 heavy (non-hydrogen) atoms. The minimum atomic E-state index is -0.552. The first-order valence-electron chi connectivity index (χ1n) is 14.4. The molecule has 0 amide bonds. The van der Waals surface area contributed by atoms with E-state index in [1.165, 1.54) is 11.4 Å². The molecule has 8 nitrogen and oxygen atoms in total. The summed E-state index contributed by atoms with van der Waals surface area (Å²) in [5, 5.41) is 21.0. The Kier molecular flexibility index (Phi) is 10.1. The maximum absolute atomic E-state index is 10.5. The van der Waals surface area contributed by atoms with Gasteiger partial charge in [0.05, 0.1) is 0 Å². The molecule has 8 heteroatoms. The van der Waals surface area contributed by atoms with Crippen molar-refractivity contribution in [3.63, 3.8) is 0 Å². The number of hydrogen-bond acceptors (Lipinski definition) is 8. The summed E-state index contributed by atoms with van der Waals surface area (Å²) in [5.74, 6) is 1.38. The number of aliphatic hydroxyl groups excluding tert-OH is 2. The van der Waals surface area contributed by atoms with Gasteiger partial charge in [0, 0.05) is 76.8 Å². The van der Waals surface area contributed by atoms with E-state index in [1.54, 1.807) is 0 Å². The van der Waals surface area contributed by atoms with Crippen LogP contribution in [0.2, 0.25) is 0 Å². The number of hydrogen-bond donors (Lipinski definition) is 2. The fourth-order valence-electron chi connectivity index (χ4n) is 5.37. The molecule has 5 rings (SSSR count). The Bertz CT molecular complexity index is 1030. The predicted octanol–water partition coefficient (Wildman–Crippen LogP) is 2.81.